The van der Waals surface area contributed by atoms with E-state index in [1.807, 2.05) is 0 Å². The van der Waals surface area contributed by atoms with Crippen LogP contribution >= 0.6 is 23.2 Å². The number of benzene rings is 2. The number of nitrogens with one attached hydrogen (secondary N) is 1. The minimum atomic E-state index is -2.93. The van der Waals surface area contributed by atoms with Crippen LogP contribution in [0.15, 0.2) is 36.4 Å². The summed E-state index contributed by atoms with van der Waals surface area (Å²) in [5.74, 6) is -0.449. The average molecular weight is 336 g/mol. The van der Waals surface area contributed by atoms with Crippen LogP contribution in [0.5, 0.6) is 5.75 Å². The van der Waals surface area contributed by atoms with Gasteiger partial charge in [-0.2, -0.15) is 8.78 Å². The van der Waals surface area contributed by atoms with Crippen molar-refractivity contribution in [2.24, 2.45) is 0 Å². The summed E-state index contributed by atoms with van der Waals surface area (Å²) in [5, 5.41) is 3.49. The summed E-state index contributed by atoms with van der Waals surface area (Å²) in [6.45, 7) is -2.78. The zero-order valence-corrected chi connectivity index (χ0v) is 12.1. The maximum absolute atomic E-state index is 12.9. The fraction of sp³-hybridized carbons (Fsp3) is 0.143. The van der Waals surface area contributed by atoms with Crippen molar-refractivity contribution in [2.75, 3.05) is 5.32 Å². The number of hydrogen-bond donors (Lipinski definition) is 1. The molecule has 0 spiro atoms. The van der Waals surface area contributed by atoms with Crippen molar-refractivity contribution < 1.29 is 17.9 Å². The topological polar surface area (TPSA) is 21.3 Å². The molecule has 2 aromatic rings. The highest BCUT2D eigenvalue weighted by Gasteiger charge is 2.11. The third-order valence-electron chi connectivity index (χ3n) is 2.64. The van der Waals surface area contributed by atoms with Gasteiger partial charge in [0.25, 0.3) is 0 Å². The van der Waals surface area contributed by atoms with Crippen LogP contribution in [0.3, 0.4) is 0 Å². The Kier molecular flexibility index (Phi) is 5.20. The van der Waals surface area contributed by atoms with E-state index in [1.165, 1.54) is 30.3 Å². The Bertz CT molecular complexity index is 638. The van der Waals surface area contributed by atoms with Gasteiger partial charge in [0.2, 0.25) is 0 Å². The van der Waals surface area contributed by atoms with Crippen molar-refractivity contribution in [2.45, 2.75) is 13.2 Å². The summed E-state index contributed by atoms with van der Waals surface area (Å²) < 4.78 is 42.0. The van der Waals surface area contributed by atoms with Gasteiger partial charge in [-0.3, -0.25) is 0 Å². The summed E-state index contributed by atoms with van der Waals surface area (Å²) in [5.41, 5.74) is 0.907. The molecule has 0 radical (unpaired) electrons. The highest BCUT2D eigenvalue weighted by Crippen LogP contribution is 2.27. The number of ether oxygens (including phenoxy) is 1. The minimum absolute atomic E-state index is 0.0140. The predicted octanol–water partition coefficient (Wildman–Crippen LogP) is 5.35. The second-order valence-corrected chi connectivity index (χ2v) is 4.95. The molecule has 0 aliphatic heterocycles. The molecule has 21 heavy (non-hydrogen) atoms. The lowest BCUT2D eigenvalue weighted by atomic mass is 10.2. The SMILES string of the molecule is Fc1ccc(NCc2cc(Cl)ccc2OC(F)F)c(Cl)c1. The predicted molar refractivity (Wildman–Crippen MR) is 76.8 cm³/mol. The zero-order chi connectivity index (χ0) is 15.4. The van der Waals surface area contributed by atoms with Gasteiger partial charge in [-0.1, -0.05) is 23.2 Å². The van der Waals surface area contributed by atoms with Gasteiger partial charge in [0.1, 0.15) is 11.6 Å². The molecule has 0 fully saturated rings. The summed E-state index contributed by atoms with van der Waals surface area (Å²) in [6.07, 6.45) is 0. The van der Waals surface area contributed by atoms with Gasteiger partial charge < -0.3 is 10.1 Å². The molecule has 1 N–H and O–H groups in total. The third kappa shape index (κ3) is 4.44. The normalized spacial score (nSPS) is 10.8. The molecule has 0 aliphatic carbocycles. The van der Waals surface area contributed by atoms with Gasteiger partial charge in [-0.15, -0.1) is 0 Å². The lowest BCUT2D eigenvalue weighted by Gasteiger charge is -2.13. The standard InChI is InChI=1S/C14H10Cl2F3NO/c15-9-1-4-13(21-14(18)19)8(5-9)7-20-12-3-2-10(17)6-11(12)16/h1-6,14,20H,7H2. The Morgan fingerprint density at radius 1 is 1.10 bits per heavy atom. The van der Waals surface area contributed by atoms with Gasteiger partial charge in [0.15, 0.2) is 0 Å². The molecule has 2 nitrogen and oxygen atoms in total. The van der Waals surface area contributed by atoms with E-state index >= 15 is 0 Å². The van der Waals surface area contributed by atoms with E-state index in [9.17, 15) is 13.2 Å². The Labute approximate surface area is 129 Å². The fourth-order valence-electron chi connectivity index (χ4n) is 1.72. The lowest BCUT2D eigenvalue weighted by Crippen LogP contribution is -2.07. The Morgan fingerprint density at radius 2 is 1.86 bits per heavy atom. The molecule has 7 heteroatoms. The molecule has 2 rings (SSSR count). The summed E-state index contributed by atoms with van der Waals surface area (Å²) in [6, 6.07) is 8.16. The first-order valence-electron chi connectivity index (χ1n) is 5.88. The van der Waals surface area contributed by atoms with Crippen LogP contribution in [0.4, 0.5) is 18.9 Å². The second-order valence-electron chi connectivity index (χ2n) is 4.11. The number of halogens is 5. The van der Waals surface area contributed by atoms with Crippen LogP contribution in [0.25, 0.3) is 0 Å². The van der Waals surface area contributed by atoms with Gasteiger partial charge in [-0.05, 0) is 36.4 Å². The minimum Gasteiger partial charge on any atom is -0.434 e. The highest BCUT2D eigenvalue weighted by molar-refractivity contribution is 6.33. The third-order valence-corrected chi connectivity index (χ3v) is 3.19. The van der Waals surface area contributed by atoms with Crippen LogP contribution in [0, 0.1) is 5.82 Å². The van der Waals surface area contributed by atoms with E-state index in [4.69, 9.17) is 23.2 Å². The lowest BCUT2D eigenvalue weighted by molar-refractivity contribution is -0.0504. The first kappa shape index (κ1) is 15.8. The largest absolute Gasteiger partial charge is 0.434 e. The van der Waals surface area contributed by atoms with Crippen molar-refractivity contribution in [3.05, 3.63) is 57.8 Å². The number of alkyl halides is 2. The van der Waals surface area contributed by atoms with Crippen molar-refractivity contribution in [3.63, 3.8) is 0 Å². The van der Waals surface area contributed by atoms with Crippen LogP contribution in [0.1, 0.15) is 5.56 Å². The summed E-state index contributed by atoms with van der Waals surface area (Å²) in [4.78, 5) is 0. The number of rotatable bonds is 5. The van der Waals surface area contributed by atoms with Gasteiger partial charge in [0.05, 0.1) is 10.7 Å². The molecule has 0 aliphatic rings. The highest BCUT2D eigenvalue weighted by atomic mass is 35.5. The number of anilines is 1. The van der Waals surface area contributed by atoms with Crippen molar-refractivity contribution >= 4 is 28.9 Å². The van der Waals surface area contributed by atoms with Crippen molar-refractivity contribution in [1.29, 1.82) is 0 Å². The van der Waals surface area contributed by atoms with E-state index in [0.29, 0.717) is 16.3 Å². The smallest absolute Gasteiger partial charge is 0.387 e. The molecule has 0 aromatic heterocycles. The molecule has 0 saturated heterocycles. The average Bonchev–Trinajstić information content (AvgIpc) is 2.40. The fourth-order valence-corrected chi connectivity index (χ4v) is 2.15. The van der Waals surface area contributed by atoms with E-state index in [0.717, 1.165) is 6.07 Å². The van der Waals surface area contributed by atoms with Crippen molar-refractivity contribution in [3.8, 4) is 5.75 Å². The second kappa shape index (κ2) is 6.91. The van der Waals surface area contributed by atoms with E-state index < -0.39 is 12.4 Å². The Morgan fingerprint density at radius 3 is 2.52 bits per heavy atom. The molecule has 0 atom stereocenters. The van der Waals surface area contributed by atoms with E-state index in [-0.39, 0.29) is 17.3 Å². The molecule has 0 unspecified atom stereocenters. The molecular weight excluding hydrogens is 326 g/mol. The molecule has 0 bridgehead atoms. The first-order chi connectivity index (χ1) is 9.95. The van der Waals surface area contributed by atoms with Gasteiger partial charge in [0, 0.05) is 17.1 Å². The monoisotopic (exact) mass is 335 g/mol. The quantitative estimate of drug-likeness (QED) is 0.795. The van der Waals surface area contributed by atoms with E-state index in [1.54, 1.807) is 0 Å². The van der Waals surface area contributed by atoms with Crippen LogP contribution < -0.4 is 10.1 Å². The molecule has 0 saturated carbocycles. The molecule has 0 heterocycles. The molecule has 2 aromatic carbocycles. The van der Waals surface area contributed by atoms with Crippen molar-refractivity contribution in [1.82, 2.24) is 0 Å². The summed E-state index contributed by atoms with van der Waals surface area (Å²) >= 11 is 11.7. The van der Waals surface area contributed by atoms with Crippen LogP contribution in [-0.2, 0) is 6.54 Å². The van der Waals surface area contributed by atoms with Crippen LogP contribution in [0.2, 0.25) is 10.0 Å². The molecule has 112 valence electrons. The molecular formula is C14H10Cl2F3NO. The maximum atomic E-state index is 12.9. The maximum Gasteiger partial charge on any atom is 0.387 e. The van der Waals surface area contributed by atoms with Gasteiger partial charge in [-0.25, -0.2) is 4.39 Å². The Hall–Kier alpha value is -1.59. The van der Waals surface area contributed by atoms with E-state index in [2.05, 4.69) is 10.1 Å². The van der Waals surface area contributed by atoms with Gasteiger partial charge >= 0.3 is 6.61 Å². The van der Waals surface area contributed by atoms with Crippen LogP contribution in [-0.4, -0.2) is 6.61 Å². The Balaban J connectivity index is 2.16. The first-order valence-corrected chi connectivity index (χ1v) is 6.63. The molecule has 0 amide bonds. The summed E-state index contributed by atoms with van der Waals surface area (Å²) in [7, 11) is 0. The zero-order valence-electron chi connectivity index (χ0n) is 10.5. The number of hydrogen-bond acceptors (Lipinski definition) is 2.